The molecule has 0 unspecified atom stereocenters. The monoisotopic (exact) mass is 342 g/mol. The smallest absolute Gasteiger partial charge is 0.213 e. The van der Waals surface area contributed by atoms with Crippen molar-refractivity contribution >= 4 is 5.96 Å². The molecule has 0 spiro atoms. The topological polar surface area (TPSA) is 62.5 Å². The van der Waals surface area contributed by atoms with Crippen LogP contribution in [-0.4, -0.2) is 24.5 Å². The van der Waals surface area contributed by atoms with Crippen molar-refractivity contribution in [1.29, 1.82) is 0 Å². The first-order chi connectivity index (χ1) is 11.8. The predicted molar refractivity (Wildman–Crippen MR) is 103 cm³/mol. The summed E-state index contributed by atoms with van der Waals surface area (Å²) < 4.78 is 5.79. The summed E-state index contributed by atoms with van der Waals surface area (Å²) >= 11 is 0. The first-order valence-electron chi connectivity index (χ1n) is 8.75. The normalized spacial score (nSPS) is 12.3. The molecule has 0 atom stereocenters. The number of hydrogen-bond donors (Lipinski definition) is 2. The van der Waals surface area contributed by atoms with E-state index in [2.05, 4.69) is 73.4 Å². The third-order valence-corrected chi connectivity index (χ3v) is 4.11. The van der Waals surface area contributed by atoms with Gasteiger partial charge in [-0.3, -0.25) is 4.99 Å². The Morgan fingerprint density at radius 3 is 2.56 bits per heavy atom. The molecule has 1 aromatic carbocycles. The minimum atomic E-state index is -0.0307. The Morgan fingerprint density at radius 1 is 1.20 bits per heavy atom. The van der Waals surface area contributed by atoms with Crippen molar-refractivity contribution < 1.29 is 4.42 Å². The van der Waals surface area contributed by atoms with Crippen LogP contribution in [-0.2, 0) is 18.4 Å². The van der Waals surface area contributed by atoms with Gasteiger partial charge in [-0.15, -0.1) is 0 Å². The summed E-state index contributed by atoms with van der Waals surface area (Å²) in [6.45, 7) is 11.9. The molecule has 2 aromatic rings. The molecule has 0 saturated heterocycles. The molecular weight excluding hydrogens is 312 g/mol. The number of aliphatic imine (C=N–C) groups is 1. The van der Waals surface area contributed by atoms with Gasteiger partial charge in [0.1, 0.15) is 5.76 Å². The Hall–Kier alpha value is -2.30. The number of rotatable bonds is 5. The van der Waals surface area contributed by atoms with Gasteiger partial charge >= 0.3 is 0 Å². The second-order valence-corrected chi connectivity index (χ2v) is 7.40. The molecule has 5 heteroatoms. The molecular formula is C20H30N4O. The quantitative estimate of drug-likeness (QED) is 0.645. The molecule has 2 N–H and O–H groups in total. The lowest BCUT2D eigenvalue weighted by molar-refractivity contribution is 0.379. The highest BCUT2D eigenvalue weighted by Gasteiger charge is 2.19. The number of aromatic nitrogens is 1. The van der Waals surface area contributed by atoms with Crippen molar-refractivity contribution in [2.75, 3.05) is 13.6 Å². The van der Waals surface area contributed by atoms with Crippen molar-refractivity contribution in [2.24, 2.45) is 4.99 Å². The van der Waals surface area contributed by atoms with Crippen molar-refractivity contribution in [1.82, 2.24) is 15.6 Å². The van der Waals surface area contributed by atoms with E-state index < -0.39 is 0 Å². The zero-order chi connectivity index (χ0) is 18.4. The molecule has 2 rings (SSSR count). The molecule has 136 valence electrons. The van der Waals surface area contributed by atoms with E-state index in [9.17, 15) is 0 Å². The number of nitrogens with zero attached hydrogens (tertiary/aromatic N) is 2. The average molecular weight is 342 g/mol. The van der Waals surface area contributed by atoms with Crippen molar-refractivity contribution in [2.45, 2.75) is 53.0 Å². The number of nitrogens with one attached hydrogen (secondary N) is 2. The van der Waals surface area contributed by atoms with Crippen LogP contribution in [0.2, 0.25) is 0 Å². The maximum atomic E-state index is 5.79. The number of guanidine groups is 1. The van der Waals surface area contributed by atoms with Crippen LogP contribution in [0, 0.1) is 13.8 Å². The summed E-state index contributed by atoms with van der Waals surface area (Å²) in [4.78, 5) is 8.58. The molecule has 0 radical (unpaired) electrons. The Bertz CT molecular complexity index is 726. The number of benzene rings is 1. The second kappa shape index (κ2) is 8.19. The van der Waals surface area contributed by atoms with Crippen molar-refractivity contribution in [3.05, 3.63) is 52.7 Å². The molecule has 0 aliphatic rings. The van der Waals surface area contributed by atoms with Crippen LogP contribution in [0.25, 0.3) is 0 Å². The minimum absolute atomic E-state index is 0.0307. The molecule has 1 heterocycles. The summed E-state index contributed by atoms with van der Waals surface area (Å²) in [7, 11) is 1.77. The lowest BCUT2D eigenvalue weighted by Gasteiger charge is -2.13. The summed E-state index contributed by atoms with van der Waals surface area (Å²) in [6, 6.07) is 6.58. The second-order valence-electron chi connectivity index (χ2n) is 7.40. The van der Waals surface area contributed by atoms with Gasteiger partial charge in [0.25, 0.3) is 0 Å². The van der Waals surface area contributed by atoms with Gasteiger partial charge in [-0.25, -0.2) is 4.98 Å². The fraction of sp³-hybridized carbons (Fsp3) is 0.500. The molecule has 0 amide bonds. The van der Waals surface area contributed by atoms with E-state index in [1.54, 1.807) is 13.2 Å². The standard InChI is InChI=1S/C20H30N4O/c1-14-7-8-16(15(2)11-14)9-10-22-19(21-6)24-13-18-23-12-17(25-18)20(3,4)5/h7-8,11-12H,9-10,13H2,1-6H3,(H2,21,22,24). The molecule has 1 aromatic heterocycles. The molecule has 0 aliphatic heterocycles. The first kappa shape index (κ1) is 19.0. The third kappa shape index (κ3) is 5.62. The van der Waals surface area contributed by atoms with E-state index in [0.29, 0.717) is 12.4 Å². The maximum absolute atomic E-state index is 5.79. The van der Waals surface area contributed by atoms with Gasteiger partial charge in [0, 0.05) is 19.0 Å². The van der Waals surface area contributed by atoms with E-state index >= 15 is 0 Å². The summed E-state index contributed by atoms with van der Waals surface area (Å²) in [5.41, 5.74) is 3.96. The van der Waals surface area contributed by atoms with Crippen LogP contribution < -0.4 is 10.6 Å². The molecule has 0 fully saturated rings. The Morgan fingerprint density at radius 2 is 1.96 bits per heavy atom. The summed E-state index contributed by atoms with van der Waals surface area (Å²) in [5, 5.41) is 6.58. The van der Waals surface area contributed by atoms with E-state index in [0.717, 1.165) is 24.7 Å². The minimum Gasteiger partial charge on any atom is -0.443 e. The Balaban J connectivity index is 1.82. The highest BCUT2D eigenvalue weighted by Crippen LogP contribution is 2.22. The lowest BCUT2D eigenvalue weighted by atomic mass is 9.94. The van der Waals surface area contributed by atoms with Gasteiger partial charge in [-0.1, -0.05) is 44.5 Å². The van der Waals surface area contributed by atoms with Gasteiger partial charge in [0.05, 0.1) is 12.7 Å². The van der Waals surface area contributed by atoms with Crippen LogP contribution in [0.15, 0.2) is 33.8 Å². The van der Waals surface area contributed by atoms with E-state index in [4.69, 9.17) is 4.42 Å². The molecule has 0 bridgehead atoms. The van der Waals surface area contributed by atoms with Crippen LogP contribution >= 0.6 is 0 Å². The van der Waals surface area contributed by atoms with Gasteiger partial charge in [0.2, 0.25) is 5.89 Å². The van der Waals surface area contributed by atoms with Gasteiger partial charge < -0.3 is 15.1 Å². The fourth-order valence-corrected chi connectivity index (χ4v) is 2.56. The van der Waals surface area contributed by atoms with Crippen LogP contribution in [0.4, 0.5) is 0 Å². The maximum Gasteiger partial charge on any atom is 0.213 e. The predicted octanol–water partition coefficient (Wildman–Crippen LogP) is 3.50. The Labute approximate surface area is 151 Å². The van der Waals surface area contributed by atoms with E-state index in [1.807, 2.05) is 0 Å². The fourth-order valence-electron chi connectivity index (χ4n) is 2.56. The summed E-state index contributed by atoms with van der Waals surface area (Å²) in [5.74, 6) is 2.31. The van der Waals surface area contributed by atoms with Gasteiger partial charge in [0.15, 0.2) is 5.96 Å². The average Bonchev–Trinajstić information content (AvgIpc) is 3.01. The largest absolute Gasteiger partial charge is 0.443 e. The SMILES string of the molecule is CN=C(NCCc1ccc(C)cc1C)NCc1ncc(C(C)(C)C)o1. The molecule has 0 aliphatic carbocycles. The highest BCUT2D eigenvalue weighted by molar-refractivity contribution is 5.79. The zero-order valence-electron chi connectivity index (χ0n) is 16.2. The number of aryl methyl sites for hydroxylation is 2. The molecule has 0 saturated carbocycles. The van der Waals surface area contributed by atoms with Gasteiger partial charge in [-0.2, -0.15) is 0 Å². The van der Waals surface area contributed by atoms with E-state index in [1.165, 1.54) is 16.7 Å². The van der Waals surface area contributed by atoms with E-state index in [-0.39, 0.29) is 5.41 Å². The zero-order valence-corrected chi connectivity index (χ0v) is 16.2. The number of hydrogen-bond acceptors (Lipinski definition) is 3. The first-order valence-corrected chi connectivity index (χ1v) is 8.75. The molecule has 5 nitrogen and oxygen atoms in total. The third-order valence-electron chi connectivity index (χ3n) is 4.11. The van der Waals surface area contributed by atoms with Gasteiger partial charge in [-0.05, 0) is 31.4 Å². The highest BCUT2D eigenvalue weighted by atomic mass is 16.4. The number of oxazole rings is 1. The van der Waals surface area contributed by atoms with Crippen LogP contribution in [0.5, 0.6) is 0 Å². The lowest BCUT2D eigenvalue weighted by Crippen LogP contribution is -2.38. The van der Waals surface area contributed by atoms with Crippen LogP contribution in [0.1, 0.15) is 49.1 Å². The summed E-state index contributed by atoms with van der Waals surface area (Å²) in [6.07, 6.45) is 2.76. The van der Waals surface area contributed by atoms with Crippen LogP contribution in [0.3, 0.4) is 0 Å². The van der Waals surface area contributed by atoms with Crippen molar-refractivity contribution in [3.8, 4) is 0 Å². The van der Waals surface area contributed by atoms with Crippen molar-refractivity contribution in [3.63, 3.8) is 0 Å². The Kier molecular flexibility index (Phi) is 6.23. The molecule has 25 heavy (non-hydrogen) atoms.